The molecule has 9 heteroatoms. The Hall–Kier alpha value is -2.55. The Morgan fingerprint density at radius 1 is 1.44 bits per heavy atom. The Balaban J connectivity index is 1.77. The molecule has 0 aliphatic carbocycles. The zero-order chi connectivity index (χ0) is 12.4. The minimum absolute atomic E-state index is 0.336. The quantitative estimate of drug-likeness (QED) is 0.581. The Morgan fingerprint density at radius 2 is 2.39 bits per heavy atom. The molecule has 3 rings (SSSR count). The van der Waals surface area contributed by atoms with Crippen LogP contribution in [0.15, 0.2) is 23.4 Å². The van der Waals surface area contributed by atoms with Crippen molar-refractivity contribution < 1.29 is 4.52 Å². The van der Waals surface area contributed by atoms with E-state index in [1.54, 1.807) is 12.5 Å². The summed E-state index contributed by atoms with van der Waals surface area (Å²) in [5.74, 6) is 1.12. The molecule has 0 aromatic carbocycles. The van der Waals surface area contributed by atoms with E-state index in [0.717, 1.165) is 5.69 Å². The average Bonchev–Trinajstić information content (AvgIpc) is 3.11. The number of rotatable bonds is 4. The number of aromatic amines is 2. The van der Waals surface area contributed by atoms with Crippen molar-refractivity contribution in [2.24, 2.45) is 5.73 Å². The smallest absolute Gasteiger partial charge is 0.244 e. The summed E-state index contributed by atoms with van der Waals surface area (Å²) in [6.07, 6.45) is 5.21. The summed E-state index contributed by atoms with van der Waals surface area (Å²) in [7, 11) is 0. The average molecular weight is 246 g/mol. The van der Waals surface area contributed by atoms with Gasteiger partial charge in [0.2, 0.25) is 11.7 Å². The number of H-pyrrole nitrogens is 2. The summed E-state index contributed by atoms with van der Waals surface area (Å²) in [6.45, 7) is 0. The number of nitrogens with one attached hydrogen (secondary N) is 2. The van der Waals surface area contributed by atoms with Crippen molar-refractivity contribution >= 4 is 0 Å². The van der Waals surface area contributed by atoms with Gasteiger partial charge < -0.3 is 15.2 Å². The lowest BCUT2D eigenvalue weighted by Gasteiger charge is -2.03. The number of imidazole rings is 1. The maximum absolute atomic E-state index is 5.96. The van der Waals surface area contributed by atoms with Crippen LogP contribution in [0.25, 0.3) is 11.6 Å². The molecule has 0 saturated heterocycles. The van der Waals surface area contributed by atoms with Crippen LogP contribution >= 0.6 is 0 Å². The van der Waals surface area contributed by atoms with Crippen LogP contribution in [0, 0.1) is 0 Å². The summed E-state index contributed by atoms with van der Waals surface area (Å²) in [4.78, 5) is 15.0. The highest BCUT2D eigenvalue weighted by Crippen LogP contribution is 2.16. The number of nitrogens with two attached hydrogens (primary N) is 1. The van der Waals surface area contributed by atoms with Gasteiger partial charge in [-0.3, -0.25) is 5.10 Å². The molecule has 0 spiro atoms. The lowest BCUT2D eigenvalue weighted by Crippen LogP contribution is -2.14. The van der Waals surface area contributed by atoms with Crippen LogP contribution in [-0.4, -0.2) is 35.3 Å². The molecule has 9 nitrogen and oxygen atoms in total. The van der Waals surface area contributed by atoms with Crippen LogP contribution < -0.4 is 5.73 Å². The van der Waals surface area contributed by atoms with Gasteiger partial charge in [0, 0.05) is 18.3 Å². The summed E-state index contributed by atoms with van der Waals surface area (Å²) in [6, 6.07) is -0.394. The van der Waals surface area contributed by atoms with Crippen molar-refractivity contribution in [2.45, 2.75) is 12.5 Å². The van der Waals surface area contributed by atoms with Crippen LogP contribution in [0.4, 0.5) is 0 Å². The van der Waals surface area contributed by atoms with Gasteiger partial charge in [-0.1, -0.05) is 5.16 Å². The summed E-state index contributed by atoms with van der Waals surface area (Å²) in [5, 5.41) is 10.1. The van der Waals surface area contributed by atoms with E-state index in [-0.39, 0.29) is 0 Å². The topological polar surface area (TPSA) is 135 Å². The number of nitrogens with zero attached hydrogens (tertiary/aromatic N) is 5. The first-order chi connectivity index (χ1) is 8.83. The van der Waals surface area contributed by atoms with Gasteiger partial charge in [-0.15, -0.1) is 0 Å². The number of aromatic nitrogens is 7. The molecule has 0 fully saturated rings. The largest absolute Gasteiger partial charge is 0.348 e. The van der Waals surface area contributed by atoms with Gasteiger partial charge in [-0.05, 0) is 0 Å². The molecular formula is C9H10N8O. The highest BCUT2D eigenvalue weighted by molar-refractivity contribution is 5.39. The minimum Gasteiger partial charge on any atom is -0.348 e. The molecular weight excluding hydrogens is 236 g/mol. The molecule has 3 aromatic heterocycles. The second-order valence-corrected chi connectivity index (χ2v) is 3.68. The second kappa shape index (κ2) is 4.37. The Kier molecular flexibility index (Phi) is 2.57. The third-order valence-corrected chi connectivity index (χ3v) is 2.38. The van der Waals surface area contributed by atoms with Crippen molar-refractivity contribution in [3.05, 3.63) is 30.4 Å². The molecule has 0 radical (unpaired) electrons. The van der Waals surface area contributed by atoms with E-state index in [1.165, 1.54) is 6.33 Å². The van der Waals surface area contributed by atoms with Gasteiger partial charge >= 0.3 is 0 Å². The molecule has 0 aliphatic heterocycles. The summed E-state index contributed by atoms with van der Waals surface area (Å²) in [5.41, 5.74) is 6.87. The third-order valence-electron chi connectivity index (χ3n) is 2.38. The van der Waals surface area contributed by atoms with E-state index in [4.69, 9.17) is 10.3 Å². The maximum Gasteiger partial charge on any atom is 0.244 e. The van der Waals surface area contributed by atoms with Gasteiger partial charge in [0.25, 0.3) is 0 Å². The third kappa shape index (κ3) is 1.98. The SMILES string of the molecule is N[C@@H](Cc1cnc[nH]1)c1nc(-c2ncn[nH]2)no1. The zero-order valence-corrected chi connectivity index (χ0v) is 9.24. The van der Waals surface area contributed by atoms with Crippen LogP contribution in [-0.2, 0) is 6.42 Å². The Bertz CT molecular complexity index is 598. The zero-order valence-electron chi connectivity index (χ0n) is 9.24. The standard InChI is InChI=1S/C9H10N8O/c10-6(1-5-2-11-3-12-5)9-15-8(17-18-9)7-13-4-14-16-7/h2-4,6H,1,10H2,(H,11,12)(H,13,14,16)/t6-/m0/s1. The predicted octanol–water partition coefficient (Wildman–Crippen LogP) is -0.180. The fourth-order valence-corrected chi connectivity index (χ4v) is 1.52. The molecule has 3 heterocycles. The molecule has 18 heavy (non-hydrogen) atoms. The molecule has 3 aromatic rings. The van der Waals surface area contributed by atoms with Crippen LogP contribution in [0.3, 0.4) is 0 Å². The molecule has 0 aliphatic rings. The van der Waals surface area contributed by atoms with Crippen LogP contribution in [0.5, 0.6) is 0 Å². The van der Waals surface area contributed by atoms with E-state index in [0.29, 0.717) is 24.0 Å². The van der Waals surface area contributed by atoms with E-state index < -0.39 is 6.04 Å². The van der Waals surface area contributed by atoms with Crippen molar-refractivity contribution in [1.82, 2.24) is 35.3 Å². The highest BCUT2D eigenvalue weighted by atomic mass is 16.5. The molecule has 4 N–H and O–H groups in total. The van der Waals surface area contributed by atoms with Crippen LogP contribution in [0.1, 0.15) is 17.6 Å². The van der Waals surface area contributed by atoms with Crippen molar-refractivity contribution in [2.75, 3.05) is 0 Å². The lowest BCUT2D eigenvalue weighted by atomic mass is 10.2. The predicted molar refractivity (Wildman–Crippen MR) is 58.9 cm³/mol. The summed E-state index contributed by atoms with van der Waals surface area (Å²) >= 11 is 0. The van der Waals surface area contributed by atoms with Gasteiger partial charge in [-0.25, -0.2) is 9.97 Å². The Morgan fingerprint density at radius 3 is 3.11 bits per heavy atom. The molecule has 0 saturated carbocycles. The fourth-order valence-electron chi connectivity index (χ4n) is 1.52. The Labute approximate surface area is 101 Å². The maximum atomic E-state index is 5.96. The van der Waals surface area contributed by atoms with Crippen molar-refractivity contribution in [1.29, 1.82) is 0 Å². The molecule has 0 bridgehead atoms. The molecule has 1 atom stereocenters. The normalized spacial score (nSPS) is 12.7. The summed E-state index contributed by atoms with van der Waals surface area (Å²) < 4.78 is 5.09. The first kappa shape index (κ1) is 10.6. The van der Waals surface area contributed by atoms with Crippen molar-refractivity contribution in [3.8, 4) is 11.6 Å². The van der Waals surface area contributed by atoms with Crippen LogP contribution in [0.2, 0.25) is 0 Å². The monoisotopic (exact) mass is 246 g/mol. The molecule has 0 amide bonds. The lowest BCUT2D eigenvalue weighted by molar-refractivity contribution is 0.353. The molecule has 0 unspecified atom stereocenters. The second-order valence-electron chi connectivity index (χ2n) is 3.68. The van der Waals surface area contributed by atoms with E-state index >= 15 is 0 Å². The van der Waals surface area contributed by atoms with Gasteiger partial charge in [0.15, 0.2) is 5.82 Å². The first-order valence-electron chi connectivity index (χ1n) is 5.25. The fraction of sp³-hybridized carbons (Fsp3) is 0.222. The number of hydrogen-bond acceptors (Lipinski definition) is 7. The van der Waals surface area contributed by atoms with Gasteiger partial charge in [0.1, 0.15) is 6.33 Å². The van der Waals surface area contributed by atoms with E-state index in [9.17, 15) is 0 Å². The van der Waals surface area contributed by atoms with E-state index in [2.05, 4.69) is 35.3 Å². The minimum atomic E-state index is -0.394. The van der Waals surface area contributed by atoms with Crippen molar-refractivity contribution in [3.63, 3.8) is 0 Å². The van der Waals surface area contributed by atoms with E-state index in [1.807, 2.05) is 0 Å². The first-order valence-corrected chi connectivity index (χ1v) is 5.25. The van der Waals surface area contributed by atoms with Gasteiger partial charge in [-0.2, -0.15) is 10.1 Å². The highest BCUT2D eigenvalue weighted by Gasteiger charge is 2.17. The van der Waals surface area contributed by atoms with Gasteiger partial charge in [0.05, 0.1) is 12.4 Å². The number of hydrogen-bond donors (Lipinski definition) is 3. The molecule has 92 valence electrons.